The molecule has 0 bridgehead atoms. The van der Waals surface area contributed by atoms with Gasteiger partial charge in [0.2, 0.25) is 0 Å². The van der Waals surface area contributed by atoms with Gasteiger partial charge in [-0.2, -0.15) is 0 Å². The zero-order chi connectivity index (χ0) is 17.4. The fourth-order valence-corrected chi connectivity index (χ4v) is 2.29. The van der Waals surface area contributed by atoms with E-state index in [0.717, 1.165) is 29.3 Å². The maximum atomic E-state index is 6.05. The van der Waals surface area contributed by atoms with Crippen molar-refractivity contribution < 1.29 is 14.2 Å². The first-order chi connectivity index (χ1) is 11.6. The summed E-state index contributed by atoms with van der Waals surface area (Å²) >= 11 is 0. The normalized spacial score (nSPS) is 11.8. The highest BCUT2D eigenvalue weighted by Gasteiger charge is 2.07. The molecule has 0 saturated heterocycles. The lowest BCUT2D eigenvalue weighted by atomic mass is 10.1. The Morgan fingerprint density at radius 3 is 2.67 bits per heavy atom. The fourth-order valence-electron chi connectivity index (χ4n) is 2.29. The third kappa shape index (κ3) is 5.78. The van der Waals surface area contributed by atoms with Crippen LogP contribution in [-0.4, -0.2) is 33.0 Å². The molecule has 2 aromatic rings. The average Bonchev–Trinajstić information content (AvgIpc) is 2.57. The van der Waals surface area contributed by atoms with Gasteiger partial charge in [-0.25, -0.2) is 0 Å². The predicted molar refractivity (Wildman–Crippen MR) is 98.3 cm³/mol. The molecule has 0 amide bonds. The predicted octanol–water partition coefficient (Wildman–Crippen LogP) is 4.21. The molecule has 0 aliphatic rings. The summed E-state index contributed by atoms with van der Waals surface area (Å²) in [6, 6.07) is 14.2. The summed E-state index contributed by atoms with van der Waals surface area (Å²) in [5, 5.41) is 3.39. The SMILES string of the molecule is COCCOc1cccc(NCC(C)Oc2cc(C)ccc2C)c1. The van der Waals surface area contributed by atoms with E-state index < -0.39 is 0 Å². The van der Waals surface area contributed by atoms with Gasteiger partial charge in [-0.1, -0.05) is 18.2 Å². The Kier molecular flexibility index (Phi) is 6.94. The van der Waals surface area contributed by atoms with Crippen molar-refractivity contribution in [2.24, 2.45) is 0 Å². The van der Waals surface area contributed by atoms with E-state index in [4.69, 9.17) is 14.2 Å². The smallest absolute Gasteiger partial charge is 0.122 e. The standard InChI is InChI=1S/C20H27NO3/c1-15-8-9-16(2)20(12-15)24-17(3)14-21-18-6-5-7-19(13-18)23-11-10-22-4/h5-9,12-13,17,21H,10-11,14H2,1-4H3. The number of anilines is 1. The van der Waals surface area contributed by atoms with Crippen LogP contribution in [0.25, 0.3) is 0 Å². The summed E-state index contributed by atoms with van der Waals surface area (Å²) in [5.74, 6) is 1.78. The minimum absolute atomic E-state index is 0.0589. The van der Waals surface area contributed by atoms with Crippen molar-refractivity contribution in [2.45, 2.75) is 26.9 Å². The van der Waals surface area contributed by atoms with Crippen LogP contribution in [0.15, 0.2) is 42.5 Å². The van der Waals surface area contributed by atoms with Gasteiger partial charge in [0.1, 0.15) is 24.2 Å². The van der Waals surface area contributed by atoms with Crippen LogP contribution in [0, 0.1) is 13.8 Å². The highest BCUT2D eigenvalue weighted by Crippen LogP contribution is 2.21. The lowest BCUT2D eigenvalue weighted by Gasteiger charge is -2.18. The summed E-state index contributed by atoms with van der Waals surface area (Å²) in [6.45, 7) is 8.05. The maximum Gasteiger partial charge on any atom is 0.122 e. The van der Waals surface area contributed by atoms with Gasteiger partial charge in [0.25, 0.3) is 0 Å². The number of benzene rings is 2. The number of hydrogen-bond acceptors (Lipinski definition) is 4. The Morgan fingerprint density at radius 2 is 1.88 bits per heavy atom. The van der Waals surface area contributed by atoms with Crippen LogP contribution in [0.2, 0.25) is 0 Å². The quantitative estimate of drug-likeness (QED) is 0.700. The minimum Gasteiger partial charge on any atom is -0.491 e. The number of hydrogen-bond donors (Lipinski definition) is 1. The third-order valence-corrected chi connectivity index (χ3v) is 3.66. The van der Waals surface area contributed by atoms with Crippen molar-refractivity contribution in [3.05, 3.63) is 53.6 Å². The van der Waals surface area contributed by atoms with Crippen LogP contribution in [-0.2, 0) is 4.74 Å². The highest BCUT2D eigenvalue weighted by atomic mass is 16.5. The lowest BCUT2D eigenvalue weighted by molar-refractivity contribution is 0.146. The second kappa shape index (κ2) is 9.18. The molecule has 0 aromatic heterocycles. The van der Waals surface area contributed by atoms with E-state index in [-0.39, 0.29) is 6.10 Å². The summed E-state index contributed by atoms with van der Waals surface area (Å²) < 4.78 is 16.7. The first kappa shape index (κ1) is 18.1. The monoisotopic (exact) mass is 329 g/mol. The van der Waals surface area contributed by atoms with Crippen molar-refractivity contribution in [1.82, 2.24) is 0 Å². The summed E-state index contributed by atoms with van der Waals surface area (Å²) in [4.78, 5) is 0. The third-order valence-electron chi connectivity index (χ3n) is 3.66. The van der Waals surface area contributed by atoms with Gasteiger partial charge in [0.05, 0.1) is 13.2 Å². The lowest BCUT2D eigenvalue weighted by Crippen LogP contribution is -2.23. The molecule has 0 spiro atoms. The molecule has 4 heteroatoms. The van der Waals surface area contributed by atoms with Crippen LogP contribution < -0.4 is 14.8 Å². The molecular formula is C20H27NO3. The molecule has 1 unspecified atom stereocenters. The van der Waals surface area contributed by atoms with Gasteiger partial charge >= 0.3 is 0 Å². The van der Waals surface area contributed by atoms with Crippen LogP contribution >= 0.6 is 0 Å². The van der Waals surface area contributed by atoms with Gasteiger partial charge < -0.3 is 19.5 Å². The van der Waals surface area contributed by atoms with Crippen molar-refractivity contribution in [3.8, 4) is 11.5 Å². The van der Waals surface area contributed by atoms with Gasteiger partial charge in [-0.05, 0) is 50.1 Å². The van der Waals surface area contributed by atoms with Crippen molar-refractivity contribution in [1.29, 1.82) is 0 Å². The van der Waals surface area contributed by atoms with E-state index in [0.29, 0.717) is 13.2 Å². The van der Waals surface area contributed by atoms with E-state index in [9.17, 15) is 0 Å². The highest BCUT2D eigenvalue weighted by molar-refractivity contribution is 5.48. The molecule has 0 aliphatic carbocycles. The second-order valence-electron chi connectivity index (χ2n) is 5.95. The number of aryl methyl sites for hydroxylation is 2. The van der Waals surface area contributed by atoms with E-state index >= 15 is 0 Å². The maximum absolute atomic E-state index is 6.05. The molecule has 24 heavy (non-hydrogen) atoms. The van der Waals surface area contributed by atoms with Crippen LogP contribution in [0.1, 0.15) is 18.1 Å². The van der Waals surface area contributed by atoms with Gasteiger partial charge in [0.15, 0.2) is 0 Å². The van der Waals surface area contributed by atoms with E-state index in [1.54, 1.807) is 7.11 Å². The van der Waals surface area contributed by atoms with Crippen molar-refractivity contribution in [3.63, 3.8) is 0 Å². The van der Waals surface area contributed by atoms with Gasteiger partial charge in [-0.3, -0.25) is 0 Å². The Labute approximate surface area is 144 Å². The van der Waals surface area contributed by atoms with Crippen LogP contribution in [0.5, 0.6) is 11.5 Å². The van der Waals surface area contributed by atoms with Gasteiger partial charge in [-0.15, -0.1) is 0 Å². The molecule has 0 saturated carbocycles. The molecule has 4 nitrogen and oxygen atoms in total. The molecule has 0 heterocycles. The Morgan fingerprint density at radius 1 is 1.04 bits per heavy atom. The van der Waals surface area contributed by atoms with E-state index in [1.807, 2.05) is 24.3 Å². The van der Waals surface area contributed by atoms with Crippen LogP contribution in [0.4, 0.5) is 5.69 Å². The molecule has 2 rings (SSSR count). The van der Waals surface area contributed by atoms with Gasteiger partial charge in [0, 0.05) is 18.9 Å². The van der Waals surface area contributed by atoms with E-state index in [2.05, 4.69) is 44.3 Å². The van der Waals surface area contributed by atoms with Crippen molar-refractivity contribution in [2.75, 3.05) is 32.2 Å². The molecule has 1 N–H and O–H groups in total. The number of ether oxygens (including phenoxy) is 3. The molecule has 0 aliphatic heterocycles. The molecule has 130 valence electrons. The zero-order valence-corrected chi connectivity index (χ0v) is 15.0. The largest absolute Gasteiger partial charge is 0.491 e. The topological polar surface area (TPSA) is 39.7 Å². The van der Waals surface area contributed by atoms with Crippen LogP contribution in [0.3, 0.4) is 0 Å². The number of rotatable bonds is 9. The van der Waals surface area contributed by atoms with E-state index in [1.165, 1.54) is 5.56 Å². The second-order valence-corrected chi connectivity index (χ2v) is 5.95. The number of methoxy groups -OCH3 is 1. The zero-order valence-electron chi connectivity index (χ0n) is 15.0. The summed E-state index contributed by atoms with van der Waals surface area (Å²) in [7, 11) is 1.67. The summed E-state index contributed by atoms with van der Waals surface area (Å²) in [5.41, 5.74) is 3.37. The Hall–Kier alpha value is -2.20. The molecule has 0 radical (unpaired) electrons. The first-order valence-corrected chi connectivity index (χ1v) is 8.28. The number of nitrogens with one attached hydrogen (secondary N) is 1. The van der Waals surface area contributed by atoms with Crippen molar-refractivity contribution >= 4 is 5.69 Å². The Balaban J connectivity index is 1.86. The fraction of sp³-hybridized carbons (Fsp3) is 0.400. The average molecular weight is 329 g/mol. The molecular weight excluding hydrogens is 302 g/mol. The summed E-state index contributed by atoms with van der Waals surface area (Å²) in [6.07, 6.45) is 0.0589. The Bertz CT molecular complexity index is 643. The first-order valence-electron chi connectivity index (χ1n) is 8.28. The molecule has 2 aromatic carbocycles. The minimum atomic E-state index is 0.0589. The molecule has 0 fully saturated rings. The molecule has 1 atom stereocenters.